The predicted molar refractivity (Wildman–Crippen MR) is 73.4 cm³/mol. The molecule has 3 N–H and O–H groups in total. The molecule has 6 nitrogen and oxygen atoms in total. The van der Waals surface area contributed by atoms with E-state index in [0.717, 1.165) is 19.3 Å². The smallest absolute Gasteiger partial charge is 0.241 e. The standard InChI is InChI=1S/C13H18N2O4S/c14-10-2-1-3-11(10)15-20(16,17)9-4-5-12-13(8-9)19-7-6-18-12/h4-5,8,10-11,15H,1-3,6-7,14H2. The Kier molecular flexibility index (Phi) is 3.57. The number of rotatable bonds is 3. The summed E-state index contributed by atoms with van der Waals surface area (Å²) in [5.74, 6) is 1.04. The van der Waals surface area contributed by atoms with Gasteiger partial charge >= 0.3 is 0 Å². The van der Waals surface area contributed by atoms with Crippen LogP contribution in [0, 0.1) is 0 Å². The maximum absolute atomic E-state index is 12.4. The molecule has 2 unspecified atom stereocenters. The zero-order valence-corrected chi connectivity index (χ0v) is 11.9. The van der Waals surface area contributed by atoms with Crippen molar-refractivity contribution in [3.63, 3.8) is 0 Å². The van der Waals surface area contributed by atoms with Crippen molar-refractivity contribution in [2.45, 2.75) is 36.2 Å². The number of sulfonamides is 1. The van der Waals surface area contributed by atoms with Crippen molar-refractivity contribution in [3.8, 4) is 11.5 Å². The van der Waals surface area contributed by atoms with Gasteiger partial charge in [0.25, 0.3) is 0 Å². The van der Waals surface area contributed by atoms with Gasteiger partial charge in [0.05, 0.1) is 4.90 Å². The van der Waals surface area contributed by atoms with Gasteiger partial charge < -0.3 is 15.2 Å². The largest absolute Gasteiger partial charge is 0.486 e. The first-order valence-corrected chi connectivity index (χ1v) is 8.22. The summed E-state index contributed by atoms with van der Waals surface area (Å²) in [7, 11) is -3.58. The van der Waals surface area contributed by atoms with Crippen molar-refractivity contribution in [2.75, 3.05) is 13.2 Å². The summed E-state index contributed by atoms with van der Waals surface area (Å²) in [5, 5.41) is 0. The molecule has 1 aromatic rings. The molecule has 1 aromatic carbocycles. The second-order valence-corrected chi connectivity index (χ2v) is 6.84. The Morgan fingerprint density at radius 3 is 2.60 bits per heavy atom. The molecule has 2 atom stereocenters. The summed E-state index contributed by atoms with van der Waals surface area (Å²) < 4.78 is 38.2. The number of ether oxygens (including phenoxy) is 2. The van der Waals surface area contributed by atoms with Gasteiger partial charge in [0.1, 0.15) is 13.2 Å². The monoisotopic (exact) mass is 298 g/mol. The van der Waals surface area contributed by atoms with Crippen molar-refractivity contribution in [3.05, 3.63) is 18.2 Å². The highest BCUT2D eigenvalue weighted by atomic mass is 32.2. The molecule has 2 aliphatic rings. The maximum Gasteiger partial charge on any atom is 0.241 e. The van der Waals surface area contributed by atoms with Gasteiger partial charge in [-0.3, -0.25) is 0 Å². The molecule has 7 heteroatoms. The highest BCUT2D eigenvalue weighted by Crippen LogP contribution is 2.32. The van der Waals surface area contributed by atoms with Crippen LogP contribution >= 0.6 is 0 Å². The highest BCUT2D eigenvalue weighted by molar-refractivity contribution is 7.89. The quantitative estimate of drug-likeness (QED) is 0.853. The first-order valence-electron chi connectivity index (χ1n) is 6.74. The fraction of sp³-hybridized carbons (Fsp3) is 0.538. The van der Waals surface area contributed by atoms with E-state index in [1.165, 1.54) is 12.1 Å². The summed E-state index contributed by atoms with van der Waals surface area (Å²) in [4.78, 5) is 0.181. The summed E-state index contributed by atoms with van der Waals surface area (Å²) in [6.07, 6.45) is 2.59. The molecule has 0 saturated heterocycles. The van der Waals surface area contributed by atoms with Gasteiger partial charge in [-0.2, -0.15) is 0 Å². The van der Waals surface area contributed by atoms with E-state index in [9.17, 15) is 8.42 Å². The Morgan fingerprint density at radius 2 is 1.90 bits per heavy atom. The number of hydrogen-bond donors (Lipinski definition) is 2. The van der Waals surface area contributed by atoms with E-state index in [-0.39, 0.29) is 17.0 Å². The lowest BCUT2D eigenvalue weighted by molar-refractivity contribution is 0.171. The van der Waals surface area contributed by atoms with Gasteiger partial charge in [-0.25, -0.2) is 13.1 Å². The third kappa shape index (κ3) is 2.61. The zero-order valence-electron chi connectivity index (χ0n) is 11.0. The van der Waals surface area contributed by atoms with E-state index in [1.54, 1.807) is 6.07 Å². The van der Waals surface area contributed by atoms with Crippen LogP contribution in [-0.2, 0) is 10.0 Å². The van der Waals surface area contributed by atoms with Crippen LogP contribution in [0.2, 0.25) is 0 Å². The lowest BCUT2D eigenvalue weighted by Crippen LogP contribution is -2.43. The van der Waals surface area contributed by atoms with Gasteiger partial charge in [-0.05, 0) is 25.0 Å². The summed E-state index contributed by atoms with van der Waals surface area (Å²) in [6.45, 7) is 0.908. The zero-order chi connectivity index (χ0) is 14.2. The molecule has 0 aromatic heterocycles. The minimum atomic E-state index is -3.58. The van der Waals surface area contributed by atoms with E-state index in [4.69, 9.17) is 15.2 Å². The normalized spacial score (nSPS) is 25.6. The first kappa shape index (κ1) is 13.7. The average Bonchev–Trinajstić information content (AvgIpc) is 2.83. The molecular formula is C13H18N2O4S. The van der Waals surface area contributed by atoms with E-state index < -0.39 is 10.0 Å². The minimum Gasteiger partial charge on any atom is -0.486 e. The maximum atomic E-state index is 12.4. The third-order valence-electron chi connectivity index (χ3n) is 3.70. The Balaban J connectivity index is 1.83. The molecule has 0 amide bonds. The van der Waals surface area contributed by atoms with Crippen molar-refractivity contribution in [1.29, 1.82) is 0 Å². The van der Waals surface area contributed by atoms with Crippen LogP contribution in [0.25, 0.3) is 0 Å². The van der Waals surface area contributed by atoms with Crippen LogP contribution < -0.4 is 19.9 Å². The fourth-order valence-corrected chi connectivity index (χ4v) is 3.93. The summed E-state index contributed by atoms with van der Waals surface area (Å²) in [6, 6.07) is 4.35. The molecule has 1 aliphatic carbocycles. The Labute approximate surface area is 118 Å². The number of benzene rings is 1. The van der Waals surface area contributed by atoms with E-state index in [0.29, 0.717) is 24.7 Å². The van der Waals surface area contributed by atoms with Crippen molar-refractivity contribution >= 4 is 10.0 Å². The molecule has 3 rings (SSSR count). The Hall–Kier alpha value is -1.31. The lowest BCUT2D eigenvalue weighted by Gasteiger charge is -2.20. The van der Waals surface area contributed by atoms with E-state index in [1.807, 2.05) is 0 Å². The molecule has 1 aliphatic heterocycles. The van der Waals surface area contributed by atoms with Gasteiger partial charge in [-0.15, -0.1) is 0 Å². The van der Waals surface area contributed by atoms with Crippen LogP contribution in [-0.4, -0.2) is 33.7 Å². The van der Waals surface area contributed by atoms with Crippen molar-refractivity contribution < 1.29 is 17.9 Å². The highest BCUT2D eigenvalue weighted by Gasteiger charge is 2.29. The van der Waals surface area contributed by atoms with Gasteiger partial charge in [-0.1, -0.05) is 6.42 Å². The second-order valence-electron chi connectivity index (χ2n) is 5.13. The van der Waals surface area contributed by atoms with Gasteiger partial charge in [0, 0.05) is 18.2 Å². The molecule has 0 spiro atoms. The van der Waals surface area contributed by atoms with Crippen LogP contribution in [0.1, 0.15) is 19.3 Å². The number of nitrogens with two attached hydrogens (primary N) is 1. The second kappa shape index (κ2) is 5.23. The minimum absolute atomic E-state index is 0.109. The fourth-order valence-electron chi connectivity index (χ4n) is 2.59. The Morgan fingerprint density at radius 1 is 1.15 bits per heavy atom. The number of nitrogens with one attached hydrogen (secondary N) is 1. The van der Waals surface area contributed by atoms with Gasteiger partial charge in [0.15, 0.2) is 11.5 Å². The number of hydrogen-bond acceptors (Lipinski definition) is 5. The van der Waals surface area contributed by atoms with Crippen LogP contribution in [0.15, 0.2) is 23.1 Å². The molecule has 1 fully saturated rings. The molecular weight excluding hydrogens is 280 g/mol. The molecule has 0 radical (unpaired) electrons. The molecule has 0 bridgehead atoms. The molecule has 1 heterocycles. The van der Waals surface area contributed by atoms with E-state index >= 15 is 0 Å². The van der Waals surface area contributed by atoms with Gasteiger partial charge in [0.2, 0.25) is 10.0 Å². The molecule has 1 saturated carbocycles. The first-order chi connectivity index (χ1) is 9.56. The van der Waals surface area contributed by atoms with Crippen LogP contribution in [0.4, 0.5) is 0 Å². The van der Waals surface area contributed by atoms with Crippen molar-refractivity contribution in [2.24, 2.45) is 5.73 Å². The Bertz CT molecular complexity index is 602. The summed E-state index contributed by atoms with van der Waals surface area (Å²) >= 11 is 0. The van der Waals surface area contributed by atoms with E-state index in [2.05, 4.69) is 4.72 Å². The average molecular weight is 298 g/mol. The molecule has 110 valence electrons. The topological polar surface area (TPSA) is 90.7 Å². The summed E-state index contributed by atoms with van der Waals surface area (Å²) in [5.41, 5.74) is 5.90. The number of fused-ring (bicyclic) bond motifs is 1. The van der Waals surface area contributed by atoms with Crippen LogP contribution in [0.3, 0.4) is 0 Å². The molecule has 20 heavy (non-hydrogen) atoms. The van der Waals surface area contributed by atoms with Crippen LogP contribution in [0.5, 0.6) is 11.5 Å². The SMILES string of the molecule is NC1CCCC1NS(=O)(=O)c1ccc2c(c1)OCCO2. The lowest BCUT2D eigenvalue weighted by atomic mass is 10.2. The third-order valence-corrected chi connectivity index (χ3v) is 5.19. The predicted octanol–water partition coefficient (Wildman–Crippen LogP) is 0.616. The van der Waals surface area contributed by atoms with Crippen molar-refractivity contribution in [1.82, 2.24) is 4.72 Å².